The molecule has 5 nitrogen and oxygen atoms in total. The Bertz CT molecular complexity index is 1020. The van der Waals surface area contributed by atoms with Gasteiger partial charge in [0.05, 0.1) is 0 Å². The predicted molar refractivity (Wildman–Crippen MR) is 106 cm³/mol. The summed E-state index contributed by atoms with van der Waals surface area (Å²) in [4.78, 5) is 23.7. The minimum Gasteiger partial charge on any atom is -0.489 e. The molecule has 0 spiro atoms. The molecule has 0 aliphatic carbocycles. The molecule has 0 aliphatic rings. The third-order valence-electron chi connectivity index (χ3n) is 4.40. The van der Waals surface area contributed by atoms with Crippen molar-refractivity contribution in [2.45, 2.75) is 19.1 Å². The van der Waals surface area contributed by atoms with E-state index in [0.717, 1.165) is 23.8 Å². The van der Waals surface area contributed by atoms with E-state index < -0.39 is 29.6 Å². The minimum absolute atomic E-state index is 0.0176. The smallest absolute Gasteiger partial charge is 0.326 e. The number of carbonyl (C=O) groups is 2. The van der Waals surface area contributed by atoms with E-state index in [1.54, 1.807) is 24.3 Å². The molecular weight excluding hydrogens is 392 g/mol. The molecule has 0 saturated carbocycles. The van der Waals surface area contributed by atoms with Crippen molar-refractivity contribution in [1.29, 1.82) is 0 Å². The Morgan fingerprint density at radius 1 is 0.900 bits per heavy atom. The summed E-state index contributed by atoms with van der Waals surface area (Å²) >= 11 is 0. The summed E-state index contributed by atoms with van der Waals surface area (Å²) in [5, 5.41) is 11.8. The van der Waals surface area contributed by atoms with E-state index in [0.29, 0.717) is 17.9 Å². The topological polar surface area (TPSA) is 75.6 Å². The molecule has 7 heteroatoms. The van der Waals surface area contributed by atoms with E-state index in [2.05, 4.69) is 5.32 Å². The van der Waals surface area contributed by atoms with Crippen LogP contribution in [0.1, 0.15) is 21.5 Å². The molecule has 0 radical (unpaired) electrons. The van der Waals surface area contributed by atoms with Gasteiger partial charge in [0.1, 0.15) is 18.4 Å². The SMILES string of the molecule is O=C(N[C@@H](Cc1ccc(OCc2ccccc2)cc1)C(=O)O)c1ccc(F)c(F)c1. The zero-order chi connectivity index (χ0) is 21.5. The largest absolute Gasteiger partial charge is 0.489 e. The minimum atomic E-state index is -1.24. The quantitative estimate of drug-likeness (QED) is 0.588. The molecule has 0 saturated heterocycles. The van der Waals surface area contributed by atoms with E-state index >= 15 is 0 Å². The fourth-order valence-electron chi connectivity index (χ4n) is 2.78. The number of carboxylic acids is 1. The summed E-state index contributed by atoms with van der Waals surface area (Å²) in [6.45, 7) is 0.405. The van der Waals surface area contributed by atoms with Gasteiger partial charge >= 0.3 is 5.97 Å². The van der Waals surface area contributed by atoms with Gasteiger partial charge in [-0.3, -0.25) is 4.79 Å². The third kappa shape index (κ3) is 5.64. The first-order valence-corrected chi connectivity index (χ1v) is 9.17. The van der Waals surface area contributed by atoms with Crippen LogP contribution in [-0.2, 0) is 17.8 Å². The number of nitrogens with one attached hydrogen (secondary N) is 1. The average molecular weight is 411 g/mol. The van der Waals surface area contributed by atoms with Crippen molar-refractivity contribution in [2.24, 2.45) is 0 Å². The van der Waals surface area contributed by atoms with Crippen LogP contribution >= 0.6 is 0 Å². The van der Waals surface area contributed by atoms with Crippen LogP contribution in [0.5, 0.6) is 5.75 Å². The molecule has 0 heterocycles. The zero-order valence-corrected chi connectivity index (χ0v) is 15.8. The van der Waals surface area contributed by atoms with Crippen LogP contribution in [0.15, 0.2) is 72.8 Å². The van der Waals surface area contributed by atoms with Gasteiger partial charge in [0.15, 0.2) is 11.6 Å². The highest BCUT2D eigenvalue weighted by Crippen LogP contribution is 2.16. The van der Waals surface area contributed by atoms with Gasteiger partial charge in [-0.05, 0) is 41.5 Å². The normalized spacial score (nSPS) is 11.5. The lowest BCUT2D eigenvalue weighted by Gasteiger charge is -2.15. The molecule has 3 rings (SSSR count). The Labute approximate surface area is 171 Å². The number of halogens is 2. The van der Waals surface area contributed by atoms with Gasteiger partial charge in [0, 0.05) is 12.0 Å². The van der Waals surface area contributed by atoms with Crippen molar-refractivity contribution in [3.63, 3.8) is 0 Å². The van der Waals surface area contributed by atoms with Crippen LogP contribution in [0, 0.1) is 11.6 Å². The predicted octanol–water partition coefficient (Wildman–Crippen LogP) is 3.97. The molecule has 1 amide bonds. The second kappa shape index (κ2) is 9.65. The Hall–Kier alpha value is -3.74. The number of carboxylic acid groups (broad SMARTS) is 1. The van der Waals surface area contributed by atoms with Gasteiger partial charge < -0.3 is 15.2 Å². The number of rotatable bonds is 8. The lowest BCUT2D eigenvalue weighted by molar-refractivity contribution is -0.139. The van der Waals surface area contributed by atoms with E-state index in [4.69, 9.17) is 4.74 Å². The number of hydrogen-bond donors (Lipinski definition) is 2. The van der Waals surface area contributed by atoms with E-state index in [1.807, 2.05) is 30.3 Å². The number of benzene rings is 3. The zero-order valence-electron chi connectivity index (χ0n) is 15.8. The monoisotopic (exact) mass is 411 g/mol. The number of aliphatic carboxylic acids is 1. The lowest BCUT2D eigenvalue weighted by Crippen LogP contribution is -2.42. The molecule has 1 atom stereocenters. The molecule has 0 aliphatic heterocycles. The van der Waals surface area contributed by atoms with Crippen LogP contribution in [0.4, 0.5) is 8.78 Å². The summed E-state index contributed by atoms with van der Waals surface area (Å²) in [5.41, 5.74) is 1.53. The van der Waals surface area contributed by atoms with Gasteiger partial charge in [0.25, 0.3) is 5.91 Å². The van der Waals surface area contributed by atoms with Crippen molar-refractivity contribution in [3.8, 4) is 5.75 Å². The molecule has 3 aromatic carbocycles. The third-order valence-corrected chi connectivity index (χ3v) is 4.40. The first-order valence-electron chi connectivity index (χ1n) is 9.17. The Balaban J connectivity index is 1.61. The summed E-state index contributed by atoms with van der Waals surface area (Å²) in [5.74, 6) is -3.68. The standard InChI is InChI=1S/C23H19F2NO4/c24-19-11-8-17(13-20(19)25)22(27)26-21(23(28)29)12-15-6-9-18(10-7-15)30-14-16-4-2-1-3-5-16/h1-11,13,21H,12,14H2,(H,26,27)(H,28,29)/t21-/m0/s1. The number of ether oxygens (including phenoxy) is 1. The number of carbonyl (C=O) groups excluding carboxylic acids is 1. The van der Waals surface area contributed by atoms with Gasteiger partial charge in [-0.1, -0.05) is 42.5 Å². The van der Waals surface area contributed by atoms with Crippen molar-refractivity contribution in [2.75, 3.05) is 0 Å². The van der Waals surface area contributed by atoms with E-state index in [1.165, 1.54) is 0 Å². The fraction of sp³-hybridized carbons (Fsp3) is 0.130. The highest BCUT2D eigenvalue weighted by atomic mass is 19.2. The Morgan fingerprint density at radius 3 is 2.23 bits per heavy atom. The Kier molecular flexibility index (Phi) is 6.75. The average Bonchev–Trinajstić information content (AvgIpc) is 2.75. The molecule has 0 unspecified atom stereocenters. The molecule has 0 aromatic heterocycles. The highest BCUT2D eigenvalue weighted by Gasteiger charge is 2.22. The maximum absolute atomic E-state index is 13.3. The molecule has 30 heavy (non-hydrogen) atoms. The molecule has 2 N–H and O–H groups in total. The van der Waals surface area contributed by atoms with Crippen molar-refractivity contribution >= 4 is 11.9 Å². The van der Waals surface area contributed by atoms with Crippen LogP contribution < -0.4 is 10.1 Å². The van der Waals surface area contributed by atoms with Crippen molar-refractivity contribution < 1.29 is 28.2 Å². The van der Waals surface area contributed by atoms with Gasteiger partial charge in [-0.2, -0.15) is 0 Å². The number of amides is 1. The van der Waals surface area contributed by atoms with Gasteiger partial charge in [-0.25, -0.2) is 13.6 Å². The Morgan fingerprint density at radius 2 is 1.60 bits per heavy atom. The first kappa shape index (κ1) is 21.0. The first-order chi connectivity index (χ1) is 14.4. The maximum atomic E-state index is 13.3. The van der Waals surface area contributed by atoms with Crippen LogP contribution in [0.25, 0.3) is 0 Å². The summed E-state index contributed by atoms with van der Waals surface area (Å²) in [6.07, 6.45) is 0.0176. The second-order valence-corrected chi connectivity index (χ2v) is 6.62. The molecule has 0 fully saturated rings. The van der Waals surface area contributed by atoms with Crippen LogP contribution in [-0.4, -0.2) is 23.0 Å². The highest BCUT2D eigenvalue weighted by molar-refractivity contribution is 5.96. The lowest BCUT2D eigenvalue weighted by atomic mass is 10.1. The fourth-order valence-corrected chi connectivity index (χ4v) is 2.78. The molecular formula is C23H19F2NO4. The van der Waals surface area contributed by atoms with E-state index in [-0.39, 0.29) is 12.0 Å². The van der Waals surface area contributed by atoms with Crippen LogP contribution in [0.3, 0.4) is 0 Å². The summed E-state index contributed by atoms with van der Waals surface area (Å²) in [6, 6.07) is 17.9. The van der Waals surface area contributed by atoms with Crippen LogP contribution in [0.2, 0.25) is 0 Å². The second-order valence-electron chi connectivity index (χ2n) is 6.62. The maximum Gasteiger partial charge on any atom is 0.326 e. The van der Waals surface area contributed by atoms with Crippen molar-refractivity contribution in [1.82, 2.24) is 5.32 Å². The van der Waals surface area contributed by atoms with Gasteiger partial charge in [-0.15, -0.1) is 0 Å². The summed E-state index contributed by atoms with van der Waals surface area (Å²) < 4.78 is 32.0. The number of hydrogen-bond acceptors (Lipinski definition) is 3. The molecule has 0 bridgehead atoms. The molecule has 154 valence electrons. The van der Waals surface area contributed by atoms with Crippen molar-refractivity contribution in [3.05, 3.63) is 101 Å². The van der Waals surface area contributed by atoms with E-state index in [9.17, 15) is 23.5 Å². The molecule has 3 aromatic rings. The van der Waals surface area contributed by atoms with Gasteiger partial charge in [0.2, 0.25) is 0 Å². The summed E-state index contributed by atoms with van der Waals surface area (Å²) in [7, 11) is 0.